The fourth-order valence-corrected chi connectivity index (χ4v) is 3.17. The molecule has 0 spiro atoms. The predicted molar refractivity (Wildman–Crippen MR) is 105 cm³/mol. The first-order valence-electron chi connectivity index (χ1n) is 8.72. The molecule has 0 heterocycles. The van der Waals surface area contributed by atoms with Crippen molar-refractivity contribution >= 4 is 16.2 Å². The highest BCUT2D eigenvalue weighted by Gasteiger charge is 2.18. The molecule has 0 aliphatic heterocycles. The number of hydrogen-bond acceptors (Lipinski definition) is 6. The number of ether oxygens (including phenoxy) is 1. The minimum absolute atomic E-state index is 0.0449. The van der Waals surface area contributed by atoms with Crippen LogP contribution in [0.2, 0.25) is 0 Å². The summed E-state index contributed by atoms with van der Waals surface area (Å²) >= 11 is 0. The molecule has 1 atom stereocenters. The number of alkyl carbamates (subject to hydrolysis) is 1. The third-order valence-corrected chi connectivity index (χ3v) is 4.88. The van der Waals surface area contributed by atoms with E-state index in [1.807, 2.05) is 6.92 Å². The molecule has 0 aromatic heterocycles. The van der Waals surface area contributed by atoms with Gasteiger partial charge in [-0.15, -0.1) is 0 Å². The van der Waals surface area contributed by atoms with E-state index in [1.54, 1.807) is 32.9 Å². The van der Waals surface area contributed by atoms with E-state index in [2.05, 4.69) is 5.32 Å². The Labute approximate surface area is 165 Å². The molecule has 7 nitrogen and oxygen atoms in total. The van der Waals surface area contributed by atoms with E-state index in [0.717, 1.165) is 5.56 Å². The van der Waals surface area contributed by atoms with Gasteiger partial charge in [-0.1, -0.05) is 29.8 Å². The van der Waals surface area contributed by atoms with Crippen molar-refractivity contribution in [1.82, 2.24) is 5.32 Å². The summed E-state index contributed by atoms with van der Waals surface area (Å²) in [6.07, 6.45) is -1.61. The minimum atomic E-state index is -3.94. The van der Waals surface area contributed by atoms with Crippen molar-refractivity contribution in [2.75, 3.05) is 6.54 Å². The highest BCUT2D eigenvalue weighted by molar-refractivity contribution is 7.87. The molecule has 28 heavy (non-hydrogen) atoms. The van der Waals surface area contributed by atoms with Gasteiger partial charge in [-0.2, -0.15) is 8.42 Å². The lowest BCUT2D eigenvalue weighted by Crippen LogP contribution is -2.34. The maximum absolute atomic E-state index is 12.3. The van der Waals surface area contributed by atoms with Gasteiger partial charge in [0, 0.05) is 0 Å². The number of hydrogen-bond donors (Lipinski definition) is 2. The van der Waals surface area contributed by atoms with Crippen LogP contribution in [0.1, 0.15) is 38.0 Å². The molecule has 0 aliphatic carbocycles. The number of aryl methyl sites for hydroxylation is 1. The van der Waals surface area contributed by atoms with Gasteiger partial charge >= 0.3 is 16.2 Å². The standard InChI is InChI=1S/C20H25NO6S/c1-14-5-11-17(12-6-14)28(24,25)27-16-9-7-15(8-10-16)18(22)13-21-19(23)26-20(2,3)4/h5-12,18,22H,13H2,1-4H3,(H,21,23). The van der Waals surface area contributed by atoms with Crippen LogP contribution in [0.4, 0.5) is 4.79 Å². The Kier molecular flexibility index (Phi) is 6.69. The number of carbonyl (C=O) groups excluding carboxylic acids is 1. The van der Waals surface area contributed by atoms with Crippen molar-refractivity contribution < 1.29 is 27.2 Å². The van der Waals surface area contributed by atoms with Crippen LogP contribution in [0, 0.1) is 6.92 Å². The second kappa shape index (κ2) is 8.62. The van der Waals surface area contributed by atoms with Crippen molar-refractivity contribution in [3.05, 3.63) is 59.7 Å². The first-order chi connectivity index (χ1) is 13.0. The van der Waals surface area contributed by atoms with E-state index in [0.29, 0.717) is 5.56 Å². The van der Waals surface area contributed by atoms with Gasteiger partial charge in [-0.25, -0.2) is 4.79 Å². The maximum Gasteiger partial charge on any atom is 0.407 e. The summed E-state index contributed by atoms with van der Waals surface area (Å²) in [6, 6.07) is 12.3. The van der Waals surface area contributed by atoms with E-state index in [1.165, 1.54) is 36.4 Å². The summed E-state index contributed by atoms with van der Waals surface area (Å²) in [7, 11) is -3.94. The second-order valence-corrected chi connectivity index (χ2v) is 8.86. The molecule has 2 N–H and O–H groups in total. The van der Waals surface area contributed by atoms with E-state index in [9.17, 15) is 18.3 Å². The molecule has 8 heteroatoms. The van der Waals surface area contributed by atoms with Crippen molar-refractivity contribution in [3.63, 3.8) is 0 Å². The largest absolute Gasteiger partial charge is 0.444 e. The van der Waals surface area contributed by atoms with E-state index >= 15 is 0 Å². The highest BCUT2D eigenvalue weighted by Crippen LogP contribution is 2.22. The van der Waals surface area contributed by atoms with Crippen LogP contribution in [0.25, 0.3) is 0 Å². The smallest absolute Gasteiger partial charge is 0.407 e. The second-order valence-electron chi connectivity index (χ2n) is 7.32. The molecule has 0 saturated carbocycles. The number of rotatable bonds is 6. The van der Waals surface area contributed by atoms with Gasteiger partial charge in [0.15, 0.2) is 0 Å². The van der Waals surface area contributed by atoms with E-state index in [4.69, 9.17) is 8.92 Å². The van der Waals surface area contributed by atoms with Crippen LogP contribution < -0.4 is 9.50 Å². The molecule has 2 aromatic carbocycles. The molecule has 0 bridgehead atoms. The molecule has 0 radical (unpaired) electrons. The molecular formula is C20H25NO6S. The molecule has 1 unspecified atom stereocenters. The average Bonchev–Trinajstić information content (AvgIpc) is 2.59. The third-order valence-electron chi connectivity index (χ3n) is 3.62. The van der Waals surface area contributed by atoms with E-state index < -0.39 is 27.9 Å². The Hall–Kier alpha value is -2.58. The van der Waals surface area contributed by atoms with Crippen LogP contribution >= 0.6 is 0 Å². The number of nitrogens with one attached hydrogen (secondary N) is 1. The molecular weight excluding hydrogens is 382 g/mol. The quantitative estimate of drug-likeness (QED) is 0.712. The summed E-state index contributed by atoms with van der Waals surface area (Å²) in [5.41, 5.74) is 0.810. The van der Waals surface area contributed by atoms with Gasteiger partial charge in [-0.3, -0.25) is 0 Å². The minimum Gasteiger partial charge on any atom is -0.444 e. The molecule has 2 aromatic rings. The summed E-state index contributed by atoms with van der Waals surface area (Å²) in [5, 5.41) is 12.6. The Bertz CT molecular complexity index is 899. The van der Waals surface area contributed by atoms with Gasteiger partial charge in [0.25, 0.3) is 0 Å². The van der Waals surface area contributed by atoms with Gasteiger partial charge < -0.3 is 19.3 Å². The fourth-order valence-electron chi connectivity index (χ4n) is 2.24. The summed E-state index contributed by atoms with van der Waals surface area (Å²) in [6.45, 7) is 7.04. The zero-order valence-corrected chi connectivity index (χ0v) is 17.1. The molecule has 152 valence electrons. The number of aliphatic hydroxyl groups excluding tert-OH is 1. The number of carbonyl (C=O) groups is 1. The van der Waals surface area contributed by atoms with Crippen molar-refractivity contribution in [2.24, 2.45) is 0 Å². The Balaban J connectivity index is 1.97. The molecule has 1 amide bonds. The molecule has 2 rings (SSSR count). The third kappa shape index (κ3) is 6.54. The van der Waals surface area contributed by atoms with Crippen LogP contribution in [0.15, 0.2) is 53.4 Å². The van der Waals surface area contributed by atoms with Gasteiger partial charge in [0.2, 0.25) is 0 Å². The number of aliphatic hydroxyl groups is 1. The topological polar surface area (TPSA) is 102 Å². The zero-order valence-electron chi connectivity index (χ0n) is 16.3. The van der Waals surface area contributed by atoms with Crippen LogP contribution in [-0.2, 0) is 14.9 Å². The zero-order chi connectivity index (χ0) is 20.9. The molecule has 0 fully saturated rings. The van der Waals surface area contributed by atoms with E-state index in [-0.39, 0.29) is 17.2 Å². The normalized spacial score (nSPS) is 12.9. The number of benzene rings is 2. The van der Waals surface area contributed by atoms with Gasteiger partial charge in [-0.05, 0) is 57.5 Å². The van der Waals surface area contributed by atoms with Crippen LogP contribution in [0.5, 0.6) is 5.75 Å². The SMILES string of the molecule is Cc1ccc(S(=O)(=O)Oc2ccc(C(O)CNC(=O)OC(C)(C)C)cc2)cc1. The molecule has 0 aliphatic rings. The van der Waals surface area contributed by atoms with Crippen LogP contribution in [-0.4, -0.2) is 31.8 Å². The summed E-state index contributed by atoms with van der Waals surface area (Å²) < 4.78 is 34.8. The highest BCUT2D eigenvalue weighted by atomic mass is 32.2. The average molecular weight is 407 g/mol. The lowest BCUT2D eigenvalue weighted by molar-refractivity contribution is 0.0491. The van der Waals surface area contributed by atoms with Crippen LogP contribution in [0.3, 0.4) is 0 Å². The Morgan fingerprint density at radius 1 is 1.07 bits per heavy atom. The van der Waals surface area contributed by atoms with Crippen molar-refractivity contribution in [2.45, 2.75) is 44.3 Å². The maximum atomic E-state index is 12.3. The van der Waals surface area contributed by atoms with Crippen molar-refractivity contribution in [1.29, 1.82) is 0 Å². The fraction of sp³-hybridized carbons (Fsp3) is 0.350. The monoisotopic (exact) mass is 407 g/mol. The van der Waals surface area contributed by atoms with Crippen molar-refractivity contribution in [3.8, 4) is 5.75 Å². The first kappa shape index (κ1) is 21.7. The Morgan fingerprint density at radius 2 is 1.64 bits per heavy atom. The lowest BCUT2D eigenvalue weighted by Gasteiger charge is -2.20. The molecule has 0 saturated heterocycles. The number of amides is 1. The first-order valence-corrected chi connectivity index (χ1v) is 10.1. The summed E-state index contributed by atoms with van der Waals surface area (Å²) in [4.78, 5) is 11.7. The Morgan fingerprint density at radius 3 is 2.18 bits per heavy atom. The lowest BCUT2D eigenvalue weighted by atomic mass is 10.1. The van der Waals surface area contributed by atoms with Gasteiger partial charge in [0.05, 0.1) is 12.6 Å². The predicted octanol–water partition coefficient (Wildman–Crippen LogP) is 3.32. The summed E-state index contributed by atoms with van der Waals surface area (Å²) in [5.74, 6) is 0.122. The van der Waals surface area contributed by atoms with Gasteiger partial charge in [0.1, 0.15) is 16.2 Å².